The summed E-state index contributed by atoms with van der Waals surface area (Å²) in [6.07, 6.45) is 1.32. The maximum Gasteiger partial charge on any atom is 0.267 e. The molecule has 2 aromatic carbocycles. The van der Waals surface area contributed by atoms with Gasteiger partial charge in [-0.2, -0.15) is 5.26 Å². The monoisotopic (exact) mass is 357 g/mol. The van der Waals surface area contributed by atoms with Crippen LogP contribution in [0.25, 0.3) is 0 Å². The molecule has 2 aromatic rings. The Morgan fingerprint density at radius 3 is 2.68 bits per heavy atom. The number of anilines is 2. The molecule has 0 spiro atoms. The second kappa shape index (κ2) is 7.29. The van der Waals surface area contributed by atoms with E-state index in [1.54, 1.807) is 24.3 Å². The molecule has 0 saturated carbocycles. The van der Waals surface area contributed by atoms with Gasteiger partial charge in [0.1, 0.15) is 17.4 Å². The molecule has 1 amide bonds. The van der Waals surface area contributed by atoms with Crippen molar-refractivity contribution in [3.63, 3.8) is 0 Å². The molecule has 0 fully saturated rings. The number of phenols is 1. The molecule has 22 heavy (non-hydrogen) atoms. The average molecular weight is 358 g/mol. The number of benzene rings is 2. The Morgan fingerprint density at radius 1 is 1.23 bits per heavy atom. The molecule has 2 rings (SSSR count). The summed E-state index contributed by atoms with van der Waals surface area (Å²) in [5, 5.41) is 24.1. The van der Waals surface area contributed by atoms with Crippen LogP contribution in [0.5, 0.6) is 5.75 Å². The largest absolute Gasteiger partial charge is 0.506 e. The molecule has 0 bridgehead atoms. The number of aromatic hydroxyl groups is 1. The molecule has 0 atom stereocenters. The number of halogens is 1. The van der Waals surface area contributed by atoms with E-state index in [2.05, 4.69) is 26.6 Å². The molecular formula is C16H12BrN3O2. The maximum absolute atomic E-state index is 12.0. The number of hydrogen-bond donors (Lipinski definition) is 3. The summed E-state index contributed by atoms with van der Waals surface area (Å²) in [5.41, 5.74) is 0.872. The first kappa shape index (κ1) is 15.6. The van der Waals surface area contributed by atoms with Gasteiger partial charge in [-0.05, 0) is 30.3 Å². The number of carbonyl (C=O) groups is 1. The zero-order valence-corrected chi connectivity index (χ0v) is 13.0. The average Bonchev–Trinajstić information content (AvgIpc) is 2.50. The molecule has 0 unspecified atom stereocenters. The van der Waals surface area contributed by atoms with Crippen LogP contribution in [0, 0.1) is 11.3 Å². The van der Waals surface area contributed by atoms with Gasteiger partial charge in [0.05, 0.1) is 5.69 Å². The molecule has 0 saturated heterocycles. The summed E-state index contributed by atoms with van der Waals surface area (Å²) in [5.74, 6) is -0.667. The van der Waals surface area contributed by atoms with Gasteiger partial charge < -0.3 is 15.7 Å². The molecule has 0 aliphatic rings. The van der Waals surface area contributed by atoms with E-state index >= 15 is 0 Å². The zero-order valence-electron chi connectivity index (χ0n) is 11.4. The van der Waals surface area contributed by atoms with Gasteiger partial charge in [-0.3, -0.25) is 4.79 Å². The first-order valence-corrected chi connectivity index (χ1v) is 7.11. The van der Waals surface area contributed by atoms with Gasteiger partial charge in [0, 0.05) is 16.4 Å². The predicted octanol–water partition coefficient (Wildman–Crippen LogP) is 3.61. The fourth-order valence-corrected chi connectivity index (χ4v) is 2.05. The smallest absolute Gasteiger partial charge is 0.267 e. The summed E-state index contributed by atoms with van der Waals surface area (Å²) in [6.45, 7) is 0. The van der Waals surface area contributed by atoms with Crippen LogP contribution in [-0.4, -0.2) is 11.0 Å². The van der Waals surface area contributed by atoms with Gasteiger partial charge in [0.25, 0.3) is 5.91 Å². The van der Waals surface area contributed by atoms with Gasteiger partial charge in [0.15, 0.2) is 0 Å². The van der Waals surface area contributed by atoms with Crippen molar-refractivity contribution in [2.24, 2.45) is 0 Å². The number of nitrogens with zero attached hydrogens (tertiary/aromatic N) is 1. The van der Waals surface area contributed by atoms with Crippen LogP contribution in [0.4, 0.5) is 11.4 Å². The normalized spacial score (nSPS) is 10.6. The lowest BCUT2D eigenvalue weighted by Crippen LogP contribution is -2.14. The molecular weight excluding hydrogens is 346 g/mol. The van der Waals surface area contributed by atoms with Gasteiger partial charge in [0.2, 0.25) is 0 Å². The van der Waals surface area contributed by atoms with Crippen LogP contribution in [-0.2, 0) is 4.79 Å². The van der Waals surface area contributed by atoms with E-state index in [1.165, 1.54) is 12.3 Å². The first-order valence-electron chi connectivity index (χ1n) is 6.32. The van der Waals surface area contributed by atoms with Crippen molar-refractivity contribution in [1.29, 1.82) is 5.26 Å². The van der Waals surface area contributed by atoms with Crippen molar-refractivity contribution < 1.29 is 9.90 Å². The SMILES string of the molecule is N#C/C(=C/Nc1cccc(Br)c1)C(=O)Nc1ccccc1O. The summed E-state index contributed by atoms with van der Waals surface area (Å²) < 4.78 is 0.878. The molecule has 3 N–H and O–H groups in total. The Labute approximate surface area is 136 Å². The number of rotatable bonds is 4. The Kier molecular flexibility index (Phi) is 5.17. The predicted molar refractivity (Wildman–Crippen MR) is 88.2 cm³/mol. The van der Waals surface area contributed by atoms with Crippen molar-refractivity contribution in [1.82, 2.24) is 0 Å². The van der Waals surface area contributed by atoms with Crippen molar-refractivity contribution in [2.75, 3.05) is 10.6 Å². The van der Waals surface area contributed by atoms with E-state index in [1.807, 2.05) is 24.3 Å². The fourth-order valence-electron chi connectivity index (χ4n) is 1.65. The van der Waals surface area contributed by atoms with E-state index in [0.29, 0.717) is 0 Å². The minimum absolute atomic E-state index is 0.0620. The summed E-state index contributed by atoms with van der Waals surface area (Å²) in [4.78, 5) is 12.0. The van der Waals surface area contributed by atoms with Gasteiger partial charge in [-0.15, -0.1) is 0 Å². The number of hydrogen-bond acceptors (Lipinski definition) is 4. The van der Waals surface area contributed by atoms with Crippen LogP contribution < -0.4 is 10.6 Å². The quantitative estimate of drug-likeness (QED) is 0.443. The number of phenolic OH excluding ortho intramolecular Hbond substituents is 1. The van der Waals surface area contributed by atoms with E-state index < -0.39 is 5.91 Å². The third kappa shape index (κ3) is 4.11. The molecule has 5 nitrogen and oxygen atoms in total. The Hall–Kier alpha value is -2.78. The third-order valence-electron chi connectivity index (χ3n) is 2.73. The molecule has 110 valence electrons. The minimum atomic E-state index is -0.605. The lowest BCUT2D eigenvalue weighted by atomic mass is 10.2. The highest BCUT2D eigenvalue weighted by atomic mass is 79.9. The number of para-hydroxylation sites is 2. The van der Waals surface area contributed by atoms with Gasteiger partial charge in [-0.25, -0.2) is 0 Å². The number of amides is 1. The zero-order chi connectivity index (χ0) is 15.9. The van der Waals surface area contributed by atoms with Crippen LogP contribution in [0.2, 0.25) is 0 Å². The van der Waals surface area contributed by atoms with Crippen molar-refractivity contribution >= 4 is 33.2 Å². The highest BCUT2D eigenvalue weighted by Crippen LogP contribution is 2.22. The van der Waals surface area contributed by atoms with Crippen LogP contribution in [0.3, 0.4) is 0 Å². The Morgan fingerprint density at radius 2 is 2.00 bits per heavy atom. The Bertz CT molecular complexity index is 766. The molecule has 0 aliphatic heterocycles. The lowest BCUT2D eigenvalue weighted by Gasteiger charge is -2.06. The summed E-state index contributed by atoms with van der Waals surface area (Å²) in [6, 6.07) is 15.4. The van der Waals surface area contributed by atoms with Gasteiger partial charge >= 0.3 is 0 Å². The number of nitrogens with one attached hydrogen (secondary N) is 2. The van der Waals surface area contributed by atoms with Crippen LogP contribution >= 0.6 is 15.9 Å². The van der Waals surface area contributed by atoms with Crippen LogP contribution in [0.15, 0.2) is 64.8 Å². The minimum Gasteiger partial charge on any atom is -0.506 e. The Balaban J connectivity index is 2.11. The van der Waals surface area contributed by atoms with Gasteiger partial charge in [-0.1, -0.05) is 34.1 Å². The lowest BCUT2D eigenvalue weighted by molar-refractivity contribution is -0.112. The highest BCUT2D eigenvalue weighted by Gasteiger charge is 2.11. The van der Waals surface area contributed by atoms with E-state index in [9.17, 15) is 9.90 Å². The van der Waals surface area contributed by atoms with E-state index in [0.717, 1.165) is 10.2 Å². The number of nitriles is 1. The molecule has 0 heterocycles. The maximum atomic E-state index is 12.0. The summed E-state index contributed by atoms with van der Waals surface area (Å²) >= 11 is 3.33. The second-order valence-corrected chi connectivity index (χ2v) is 5.21. The third-order valence-corrected chi connectivity index (χ3v) is 3.22. The van der Waals surface area contributed by atoms with E-state index in [4.69, 9.17) is 5.26 Å². The van der Waals surface area contributed by atoms with Crippen LogP contribution in [0.1, 0.15) is 0 Å². The molecule has 0 radical (unpaired) electrons. The number of carbonyl (C=O) groups excluding carboxylic acids is 1. The molecule has 6 heteroatoms. The molecule has 0 aromatic heterocycles. The second-order valence-electron chi connectivity index (χ2n) is 4.30. The highest BCUT2D eigenvalue weighted by molar-refractivity contribution is 9.10. The van der Waals surface area contributed by atoms with Crippen molar-refractivity contribution in [3.8, 4) is 11.8 Å². The topological polar surface area (TPSA) is 85.2 Å². The van der Waals surface area contributed by atoms with E-state index in [-0.39, 0.29) is 17.0 Å². The first-order chi connectivity index (χ1) is 10.6. The fraction of sp³-hybridized carbons (Fsp3) is 0. The summed E-state index contributed by atoms with van der Waals surface area (Å²) in [7, 11) is 0. The standard InChI is InChI=1S/C16H12BrN3O2/c17-12-4-3-5-13(8-12)19-10-11(9-18)16(22)20-14-6-1-2-7-15(14)21/h1-8,10,19,21H,(H,20,22)/b11-10-. The van der Waals surface area contributed by atoms with Crippen molar-refractivity contribution in [3.05, 3.63) is 64.8 Å². The van der Waals surface area contributed by atoms with Crippen molar-refractivity contribution in [2.45, 2.75) is 0 Å². The molecule has 0 aliphatic carbocycles.